The first-order chi connectivity index (χ1) is 8.49. The lowest BCUT2D eigenvalue weighted by Crippen LogP contribution is -2.34. The van der Waals surface area contributed by atoms with Crippen molar-refractivity contribution in [2.45, 2.75) is 32.7 Å². The molecular weight excluding hydrogens is 235 g/mol. The van der Waals surface area contributed by atoms with Crippen LogP contribution < -0.4 is 4.90 Å². The number of hydrogen-bond acceptors (Lipinski definition) is 3. The second kappa shape index (κ2) is 4.92. The largest absolute Gasteiger partial charge is 0.478 e. The Bertz CT molecular complexity index is 458. The van der Waals surface area contributed by atoms with Gasteiger partial charge in [-0.2, -0.15) is 0 Å². The highest BCUT2D eigenvalue weighted by Gasteiger charge is 2.28. The molecule has 5 heteroatoms. The van der Waals surface area contributed by atoms with Crippen molar-refractivity contribution in [2.75, 3.05) is 11.4 Å². The second-order valence-electron chi connectivity index (χ2n) is 5.02. The Morgan fingerprint density at radius 2 is 2.28 bits per heavy atom. The van der Waals surface area contributed by atoms with Crippen molar-refractivity contribution < 1.29 is 14.3 Å². The Labute approximate surface area is 105 Å². The topological polar surface area (TPSA) is 53.4 Å². The van der Waals surface area contributed by atoms with Gasteiger partial charge in [-0.3, -0.25) is 0 Å². The summed E-state index contributed by atoms with van der Waals surface area (Å²) in [6.07, 6.45) is 3.42. The molecule has 98 valence electrons. The van der Waals surface area contributed by atoms with Gasteiger partial charge < -0.3 is 10.0 Å². The molecule has 0 aliphatic heterocycles. The van der Waals surface area contributed by atoms with Crippen LogP contribution >= 0.6 is 0 Å². The van der Waals surface area contributed by atoms with Crippen LogP contribution in [0.5, 0.6) is 0 Å². The minimum absolute atomic E-state index is 0.0654. The molecule has 1 aliphatic rings. The standard InChI is InChI=1S/C13H17FN2O2/c1-8(2)16(7-9-3-4-9)12-11(13(17)18)5-10(14)6-15-12/h5-6,8-9H,3-4,7H2,1-2H3,(H,17,18). The normalized spacial score (nSPS) is 14.9. The quantitative estimate of drug-likeness (QED) is 0.875. The second-order valence-corrected chi connectivity index (χ2v) is 5.02. The first kappa shape index (κ1) is 12.8. The van der Waals surface area contributed by atoms with E-state index in [-0.39, 0.29) is 11.6 Å². The van der Waals surface area contributed by atoms with Gasteiger partial charge in [0.2, 0.25) is 0 Å². The van der Waals surface area contributed by atoms with Crippen molar-refractivity contribution in [1.29, 1.82) is 0 Å². The molecule has 1 saturated carbocycles. The zero-order valence-corrected chi connectivity index (χ0v) is 10.6. The van der Waals surface area contributed by atoms with Gasteiger partial charge in [0, 0.05) is 12.6 Å². The molecule has 1 aromatic rings. The number of halogens is 1. The molecule has 0 radical (unpaired) electrons. The zero-order chi connectivity index (χ0) is 13.3. The first-order valence-corrected chi connectivity index (χ1v) is 6.14. The van der Waals surface area contributed by atoms with Crippen LogP contribution in [0.2, 0.25) is 0 Å². The zero-order valence-electron chi connectivity index (χ0n) is 10.6. The summed E-state index contributed by atoms with van der Waals surface area (Å²) in [5, 5.41) is 9.14. The summed E-state index contributed by atoms with van der Waals surface area (Å²) in [4.78, 5) is 17.1. The molecule has 0 spiro atoms. The summed E-state index contributed by atoms with van der Waals surface area (Å²) >= 11 is 0. The van der Waals surface area contributed by atoms with Crippen molar-refractivity contribution in [1.82, 2.24) is 4.98 Å². The van der Waals surface area contributed by atoms with Gasteiger partial charge >= 0.3 is 5.97 Å². The summed E-state index contributed by atoms with van der Waals surface area (Å²) in [5.74, 6) is -0.781. The van der Waals surface area contributed by atoms with Crippen LogP contribution in [0.4, 0.5) is 10.2 Å². The van der Waals surface area contributed by atoms with E-state index in [9.17, 15) is 9.18 Å². The maximum atomic E-state index is 13.1. The molecule has 1 aromatic heterocycles. The number of pyridine rings is 1. The Hall–Kier alpha value is -1.65. The summed E-state index contributed by atoms with van der Waals surface area (Å²) in [6.45, 7) is 4.76. The van der Waals surface area contributed by atoms with Gasteiger partial charge in [-0.25, -0.2) is 14.2 Å². The average Bonchev–Trinajstić information content (AvgIpc) is 3.09. The van der Waals surface area contributed by atoms with E-state index < -0.39 is 11.8 Å². The smallest absolute Gasteiger partial charge is 0.339 e. The molecule has 2 rings (SSSR count). The van der Waals surface area contributed by atoms with E-state index in [1.165, 1.54) is 12.8 Å². The van der Waals surface area contributed by atoms with Crippen molar-refractivity contribution in [2.24, 2.45) is 5.92 Å². The third-order valence-corrected chi connectivity index (χ3v) is 3.11. The molecular formula is C13H17FN2O2. The number of aromatic nitrogens is 1. The molecule has 0 saturated heterocycles. The molecule has 1 fully saturated rings. The molecule has 0 bridgehead atoms. The van der Waals surface area contributed by atoms with Crippen LogP contribution in [-0.4, -0.2) is 28.6 Å². The maximum Gasteiger partial charge on any atom is 0.339 e. The summed E-state index contributed by atoms with van der Waals surface area (Å²) in [7, 11) is 0. The molecule has 18 heavy (non-hydrogen) atoms. The average molecular weight is 252 g/mol. The lowest BCUT2D eigenvalue weighted by molar-refractivity contribution is 0.0696. The highest BCUT2D eigenvalue weighted by Crippen LogP contribution is 2.32. The maximum absolute atomic E-state index is 13.1. The number of carboxylic acid groups (broad SMARTS) is 1. The highest BCUT2D eigenvalue weighted by molar-refractivity contribution is 5.93. The number of rotatable bonds is 5. The van der Waals surface area contributed by atoms with E-state index in [2.05, 4.69) is 4.98 Å². The predicted molar refractivity (Wildman–Crippen MR) is 66.4 cm³/mol. The number of hydrogen-bond donors (Lipinski definition) is 1. The van der Waals surface area contributed by atoms with Gasteiger partial charge in [-0.05, 0) is 38.7 Å². The van der Waals surface area contributed by atoms with E-state index in [1.54, 1.807) is 0 Å². The molecule has 0 amide bonds. The third kappa shape index (κ3) is 2.78. The Balaban J connectivity index is 2.35. The Morgan fingerprint density at radius 3 is 2.78 bits per heavy atom. The monoisotopic (exact) mass is 252 g/mol. The first-order valence-electron chi connectivity index (χ1n) is 6.14. The Morgan fingerprint density at radius 1 is 1.61 bits per heavy atom. The molecule has 4 nitrogen and oxygen atoms in total. The molecule has 0 atom stereocenters. The van der Waals surface area contributed by atoms with Crippen LogP contribution in [0, 0.1) is 11.7 Å². The van der Waals surface area contributed by atoms with Gasteiger partial charge in [0.25, 0.3) is 0 Å². The van der Waals surface area contributed by atoms with Gasteiger partial charge in [-0.15, -0.1) is 0 Å². The van der Waals surface area contributed by atoms with E-state index in [4.69, 9.17) is 5.11 Å². The molecule has 0 unspecified atom stereocenters. The number of carbonyl (C=O) groups is 1. The van der Waals surface area contributed by atoms with E-state index in [0.29, 0.717) is 11.7 Å². The van der Waals surface area contributed by atoms with Gasteiger partial charge in [0.05, 0.1) is 6.20 Å². The number of aromatic carboxylic acids is 1. The predicted octanol–water partition coefficient (Wildman–Crippen LogP) is 2.54. The highest BCUT2D eigenvalue weighted by atomic mass is 19.1. The lowest BCUT2D eigenvalue weighted by Gasteiger charge is -2.29. The summed E-state index contributed by atoms with van der Waals surface area (Å²) in [6, 6.07) is 1.18. The number of anilines is 1. The minimum atomic E-state index is -1.14. The SMILES string of the molecule is CC(C)N(CC1CC1)c1ncc(F)cc1C(=O)O. The Kier molecular flexibility index (Phi) is 3.50. The summed E-state index contributed by atoms with van der Waals surface area (Å²) in [5.41, 5.74) is -0.0654. The lowest BCUT2D eigenvalue weighted by atomic mass is 10.2. The van der Waals surface area contributed by atoms with Crippen LogP contribution in [0.1, 0.15) is 37.0 Å². The fraction of sp³-hybridized carbons (Fsp3) is 0.538. The van der Waals surface area contributed by atoms with Gasteiger partial charge in [0.15, 0.2) is 0 Å². The van der Waals surface area contributed by atoms with E-state index >= 15 is 0 Å². The molecule has 0 aromatic carbocycles. The fourth-order valence-corrected chi connectivity index (χ4v) is 1.94. The van der Waals surface area contributed by atoms with Crippen molar-refractivity contribution in [3.05, 3.63) is 23.6 Å². The van der Waals surface area contributed by atoms with Crippen molar-refractivity contribution >= 4 is 11.8 Å². The minimum Gasteiger partial charge on any atom is -0.478 e. The van der Waals surface area contributed by atoms with Crippen molar-refractivity contribution in [3.8, 4) is 0 Å². The van der Waals surface area contributed by atoms with Crippen molar-refractivity contribution in [3.63, 3.8) is 0 Å². The molecule has 1 aliphatic carbocycles. The summed E-state index contributed by atoms with van der Waals surface area (Å²) < 4.78 is 13.1. The molecule has 1 N–H and O–H groups in total. The van der Waals surface area contributed by atoms with E-state index in [0.717, 1.165) is 18.8 Å². The van der Waals surface area contributed by atoms with Crippen LogP contribution in [0.15, 0.2) is 12.3 Å². The van der Waals surface area contributed by atoms with E-state index in [1.807, 2.05) is 18.7 Å². The van der Waals surface area contributed by atoms with Crippen LogP contribution in [-0.2, 0) is 0 Å². The third-order valence-electron chi connectivity index (χ3n) is 3.11. The number of carboxylic acids is 1. The van der Waals surface area contributed by atoms with Crippen LogP contribution in [0.25, 0.3) is 0 Å². The fourth-order valence-electron chi connectivity index (χ4n) is 1.94. The van der Waals surface area contributed by atoms with Gasteiger partial charge in [0.1, 0.15) is 17.2 Å². The van der Waals surface area contributed by atoms with Gasteiger partial charge in [-0.1, -0.05) is 0 Å². The van der Waals surface area contributed by atoms with Crippen LogP contribution in [0.3, 0.4) is 0 Å². The molecule has 1 heterocycles. The number of nitrogens with zero attached hydrogens (tertiary/aromatic N) is 2.